The first-order valence-electron chi connectivity index (χ1n) is 7.61. The SMILES string of the molecule is Nc1cc(N)nc(S[C@H](C(=O)N2CCOCC2)c2ccccc2)n1. The van der Waals surface area contributed by atoms with Gasteiger partial charge in [0.25, 0.3) is 0 Å². The van der Waals surface area contributed by atoms with Gasteiger partial charge >= 0.3 is 0 Å². The van der Waals surface area contributed by atoms with E-state index in [9.17, 15) is 4.79 Å². The van der Waals surface area contributed by atoms with Gasteiger partial charge in [0.2, 0.25) is 5.91 Å². The molecule has 0 aliphatic carbocycles. The van der Waals surface area contributed by atoms with E-state index in [1.165, 1.54) is 17.8 Å². The second-order valence-corrected chi connectivity index (χ2v) is 6.42. The number of carbonyl (C=O) groups excluding carboxylic acids is 1. The van der Waals surface area contributed by atoms with Crippen molar-refractivity contribution in [3.05, 3.63) is 42.0 Å². The minimum Gasteiger partial charge on any atom is -0.383 e. The van der Waals surface area contributed by atoms with Crippen molar-refractivity contribution in [1.29, 1.82) is 0 Å². The van der Waals surface area contributed by atoms with Gasteiger partial charge in [0.15, 0.2) is 5.16 Å². The number of thioether (sulfide) groups is 1. The van der Waals surface area contributed by atoms with Crippen molar-refractivity contribution in [2.45, 2.75) is 10.4 Å². The van der Waals surface area contributed by atoms with Crippen LogP contribution in [-0.4, -0.2) is 47.1 Å². The number of aromatic nitrogens is 2. The molecule has 1 aliphatic heterocycles. The number of nitrogen functional groups attached to an aromatic ring is 2. The fourth-order valence-corrected chi connectivity index (χ4v) is 3.53. The van der Waals surface area contributed by atoms with Gasteiger partial charge in [-0.05, 0) is 5.56 Å². The Morgan fingerprint density at radius 1 is 1.12 bits per heavy atom. The van der Waals surface area contributed by atoms with Crippen molar-refractivity contribution < 1.29 is 9.53 Å². The molecule has 0 radical (unpaired) electrons. The van der Waals surface area contributed by atoms with Gasteiger partial charge in [-0.1, -0.05) is 42.1 Å². The molecule has 0 bridgehead atoms. The monoisotopic (exact) mass is 345 g/mol. The van der Waals surface area contributed by atoms with Gasteiger partial charge in [-0.15, -0.1) is 0 Å². The Labute approximate surface area is 144 Å². The van der Waals surface area contributed by atoms with Crippen molar-refractivity contribution in [2.24, 2.45) is 0 Å². The standard InChI is InChI=1S/C16H19N5O2S/c17-12-10-13(18)20-16(19-12)24-14(11-4-2-1-3-5-11)15(22)21-6-8-23-9-7-21/h1-5,10,14H,6-9H2,(H4,17,18,19,20)/t14-/m0/s1. The van der Waals surface area contributed by atoms with E-state index in [0.717, 1.165) is 5.56 Å². The third-order valence-corrected chi connectivity index (χ3v) is 4.72. The fraction of sp³-hybridized carbons (Fsp3) is 0.312. The molecule has 1 aromatic heterocycles. The maximum absolute atomic E-state index is 13.0. The summed E-state index contributed by atoms with van der Waals surface area (Å²) in [5, 5.41) is -0.0616. The Balaban J connectivity index is 1.88. The molecule has 0 spiro atoms. The fourth-order valence-electron chi connectivity index (χ4n) is 2.46. The van der Waals surface area contributed by atoms with Crippen LogP contribution in [0.4, 0.5) is 11.6 Å². The molecule has 1 atom stereocenters. The number of morpholine rings is 1. The minimum absolute atomic E-state index is 0.0131. The number of rotatable bonds is 4. The van der Waals surface area contributed by atoms with Crippen LogP contribution in [-0.2, 0) is 9.53 Å². The quantitative estimate of drug-likeness (QED) is 0.636. The Morgan fingerprint density at radius 2 is 1.75 bits per heavy atom. The van der Waals surface area contributed by atoms with Crippen molar-refractivity contribution in [2.75, 3.05) is 37.8 Å². The number of ether oxygens (including phenoxy) is 1. The van der Waals surface area contributed by atoms with E-state index in [-0.39, 0.29) is 17.5 Å². The lowest BCUT2D eigenvalue weighted by Gasteiger charge is -2.30. The van der Waals surface area contributed by atoms with E-state index in [1.807, 2.05) is 35.2 Å². The highest BCUT2D eigenvalue weighted by molar-refractivity contribution is 8.00. The smallest absolute Gasteiger partial charge is 0.240 e. The number of amides is 1. The van der Waals surface area contributed by atoms with Crippen LogP contribution in [0.3, 0.4) is 0 Å². The molecule has 24 heavy (non-hydrogen) atoms. The summed E-state index contributed by atoms with van der Waals surface area (Å²) >= 11 is 1.26. The second kappa shape index (κ2) is 7.50. The number of benzene rings is 1. The highest BCUT2D eigenvalue weighted by Gasteiger charge is 2.29. The Hall–Kier alpha value is -2.32. The van der Waals surface area contributed by atoms with Crippen molar-refractivity contribution >= 4 is 29.3 Å². The summed E-state index contributed by atoms with van der Waals surface area (Å²) in [6.45, 7) is 2.28. The summed E-state index contributed by atoms with van der Waals surface area (Å²) in [6.07, 6.45) is 0. The molecule has 3 rings (SSSR count). The number of hydrogen-bond donors (Lipinski definition) is 2. The molecule has 1 aliphatic rings. The van der Waals surface area contributed by atoms with E-state index in [2.05, 4.69) is 9.97 Å². The van der Waals surface area contributed by atoms with E-state index >= 15 is 0 Å². The van der Waals surface area contributed by atoms with Gasteiger partial charge in [-0.3, -0.25) is 4.79 Å². The van der Waals surface area contributed by atoms with Crippen molar-refractivity contribution in [1.82, 2.24) is 14.9 Å². The molecule has 4 N–H and O–H groups in total. The third-order valence-electron chi connectivity index (χ3n) is 3.62. The van der Waals surface area contributed by atoms with Gasteiger partial charge in [-0.25, -0.2) is 9.97 Å². The highest BCUT2D eigenvalue weighted by Crippen LogP contribution is 2.35. The zero-order valence-electron chi connectivity index (χ0n) is 13.1. The summed E-state index contributed by atoms with van der Waals surface area (Å²) in [6, 6.07) is 11.1. The van der Waals surface area contributed by atoms with Crippen LogP contribution >= 0.6 is 11.8 Å². The first-order valence-corrected chi connectivity index (χ1v) is 8.49. The number of anilines is 2. The number of nitrogens with two attached hydrogens (primary N) is 2. The molecule has 1 amide bonds. The summed E-state index contributed by atoms with van der Waals surface area (Å²) in [4.78, 5) is 23.2. The Morgan fingerprint density at radius 3 is 2.38 bits per heavy atom. The molecule has 1 fully saturated rings. The molecule has 1 saturated heterocycles. The highest BCUT2D eigenvalue weighted by atomic mass is 32.2. The molecule has 0 saturated carbocycles. The van der Waals surface area contributed by atoms with Crippen molar-refractivity contribution in [3.8, 4) is 0 Å². The third kappa shape index (κ3) is 3.95. The summed E-state index contributed by atoms with van der Waals surface area (Å²) < 4.78 is 5.33. The summed E-state index contributed by atoms with van der Waals surface area (Å²) in [5.41, 5.74) is 12.4. The van der Waals surface area contributed by atoms with Crippen LogP contribution in [0, 0.1) is 0 Å². The van der Waals surface area contributed by atoms with E-state index in [4.69, 9.17) is 16.2 Å². The predicted octanol–water partition coefficient (Wildman–Crippen LogP) is 1.33. The second-order valence-electron chi connectivity index (χ2n) is 5.35. The maximum atomic E-state index is 13.0. The van der Waals surface area contributed by atoms with Crippen LogP contribution < -0.4 is 11.5 Å². The van der Waals surface area contributed by atoms with E-state index in [0.29, 0.717) is 31.5 Å². The molecular weight excluding hydrogens is 326 g/mol. The lowest BCUT2D eigenvalue weighted by molar-refractivity contribution is -0.134. The van der Waals surface area contributed by atoms with E-state index in [1.54, 1.807) is 0 Å². The molecule has 7 nitrogen and oxygen atoms in total. The zero-order chi connectivity index (χ0) is 16.9. The van der Waals surface area contributed by atoms with Crippen LogP contribution in [0.2, 0.25) is 0 Å². The normalized spacial score (nSPS) is 15.9. The van der Waals surface area contributed by atoms with Gasteiger partial charge in [-0.2, -0.15) is 0 Å². The minimum atomic E-state index is -0.453. The zero-order valence-corrected chi connectivity index (χ0v) is 13.9. The van der Waals surface area contributed by atoms with Crippen LogP contribution in [0.5, 0.6) is 0 Å². The average molecular weight is 345 g/mol. The Bertz CT molecular complexity index is 687. The molecular formula is C16H19N5O2S. The number of carbonyl (C=O) groups is 1. The van der Waals surface area contributed by atoms with Crippen LogP contribution in [0.15, 0.2) is 41.6 Å². The van der Waals surface area contributed by atoms with Gasteiger partial charge < -0.3 is 21.1 Å². The van der Waals surface area contributed by atoms with Crippen LogP contribution in [0.25, 0.3) is 0 Å². The van der Waals surface area contributed by atoms with Crippen molar-refractivity contribution in [3.63, 3.8) is 0 Å². The first-order chi connectivity index (χ1) is 11.6. The number of hydrogen-bond acceptors (Lipinski definition) is 7. The van der Waals surface area contributed by atoms with Gasteiger partial charge in [0.05, 0.1) is 13.2 Å². The molecule has 126 valence electrons. The molecule has 1 aromatic carbocycles. The summed E-state index contributed by atoms with van der Waals surface area (Å²) in [7, 11) is 0. The topological polar surface area (TPSA) is 107 Å². The lowest BCUT2D eigenvalue weighted by Crippen LogP contribution is -2.42. The van der Waals surface area contributed by atoms with E-state index < -0.39 is 5.25 Å². The predicted molar refractivity (Wildman–Crippen MR) is 93.3 cm³/mol. The average Bonchev–Trinajstić information content (AvgIpc) is 2.60. The Kier molecular flexibility index (Phi) is 5.17. The first kappa shape index (κ1) is 16.5. The van der Waals surface area contributed by atoms with Gasteiger partial charge in [0, 0.05) is 19.2 Å². The van der Waals surface area contributed by atoms with Crippen LogP contribution in [0.1, 0.15) is 10.8 Å². The molecule has 2 aromatic rings. The molecule has 2 heterocycles. The maximum Gasteiger partial charge on any atom is 0.240 e. The summed E-state index contributed by atoms with van der Waals surface area (Å²) in [5.74, 6) is 0.588. The largest absolute Gasteiger partial charge is 0.383 e. The lowest BCUT2D eigenvalue weighted by atomic mass is 10.1. The number of nitrogens with zero attached hydrogens (tertiary/aromatic N) is 3. The molecule has 8 heteroatoms. The van der Waals surface area contributed by atoms with Gasteiger partial charge in [0.1, 0.15) is 16.9 Å². The molecule has 0 unspecified atom stereocenters.